The van der Waals surface area contributed by atoms with Crippen LogP contribution in [-0.4, -0.2) is 56.5 Å². The van der Waals surface area contributed by atoms with Gasteiger partial charge in [0.1, 0.15) is 5.75 Å². The van der Waals surface area contributed by atoms with Crippen molar-refractivity contribution in [2.75, 3.05) is 32.0 Å². The van der Waals surface area contributed by atoms with Crippen LogP contribution < -0.4 is 10.1 Å². The van der Waals surface area contributed by atoms with Gasteiger partial charge in [-0.1, -0.05) is 36.2 Å². The van der Waals surface area contributed by atoms with Gasteiger partial charge in [-0.3, -0.25) is 4.79 Å². The van der Waals surface area contributed by atoms with Gasteiger partial charge in [-0.05, 0) is 73.2 Å². The third-order valence-electron chi connectivity index (χ3n) is 8.03. The van der Waals surface area contributed by atoms with Gasteiger partial charge >= 0.3 is 0 Å². The monoisotopic (exact) mass is 516 g/mol. The molecule has 1 unspecified atom stereocenters. The maximum atomic E-state index is 12.5. The second-order valence-corrected chi connectivity index (χ2v) is 13.0. The Morgan fingerprint density at radius 1 is 1.17 bits per heavy atom. The van der Waals surface area contributed by atoms with Crippen LogP contribution in [0.25, 0.3) is 0 Å². The number of benzene rings is 2. The second kappa shape index (κ2) is 9.75. The van der Waals surface area contributed by atoms with Crippen LogP contribution in [0.2, 0.25) is 5.02 Å². The number of nitrogens with one attached hydrogen (secondary N) is 1. The minimum Gasteiger partial charge on any atom is -0.494 e. The van der Waals surface area contributed by atoms with Gasteiger partial charge < -0.3 is 15.0 Å². The van der Waals surface area contributed by atoms with E-state index in [1.54, 1.807) is 4.90 Å². The summed E-state index contributed by atoms with van der Waals surface area (Å²) in [5.41, 5.74) is 4.02. The van der Waals surface area contributed by atoms with E-state index in [4.69, 9.17) is 16.3 Å². The summed E-state index contributed by atoms with van der Waals surface area (Å²) in [5.74, 6) is 0.796. The molecule has 6 nitrogen and oxygen atoms in total. The molecule has 1 atom stereocenters. The number of hydrogen-bond donors (Lipinski definition) is 1. The molecule has 0 spiro atoms. The van der Waals surface area contributed by atoms with Crippen LogP contribution in [0.1, 0.15) is 55.3 Å². The standard InChI is InChI=1S/C27H33ClN2O4S/c1-19(31)30-17-24(18-30)35(32,33)15-3-14-34-23-9-4-20-10-13-29-26(25(20)16-23)27(11-2-12-27)21-5-7-22(28)8-6-21/h4-9,16,24,26,29H,2-3,10-15,17-18H2,1H3. The molecular formula is C27H33ClN2O4S. The van der Waals surface area contributed by atoms with Crippen LogP contribution in [0.4, 0.5) is 0 Å². The zero-order chi connectivity index (χ0) is 24.6. The average molecular weight is 517 g/mol. The molecule has 2 aromatic carbocycles. The van der Waals surface area contributed by atoms with Crippen molar-refractivity contribution in [2.24, 2.45) is 0 Å². The normalized spacial score (nSPS) is 21.5. The highest BCUT2D eigenvalue weighted by atomic mass is 35.5. The highest BCUT2D eigenvalue weighted by molar-refractivity contribution is 7.92. The Kier molecular flexibility index (Phi) is 6.85. The molecule has 0 radical (unpaired) electrons. The Morgan fingerprint density at radius 2 is 1.91 bits per heavy atom. The number of hydrogen-bond acceptors (Lipinski definition) is 5. The zero-order valence-corrected chi connectivity index (χ0v) is 21.7. The fraction of sp³-hybridized carbons (Fsp3) is 0.519. The molecule has 1 amide bonds. The fourth-order valence-electron chi connectivity index (χ4n) is 5.74. The van der Waals surface area contributed by atoms with Crippen LogP contribution in [0.3, 0.4) is 0 Å². The molecule has 3 aliphatic rings. The SMILES string of the molecule is CC(=O)N1CC(S(=O)(=O)CCCOc2ccc3c(c2)C(C2(c4ccc(Cl)cc4)CCC2)NCC3)C1. The van der Waals surface area contributed by atoms with Crippen molar-refractivity contribution in [3.63, 3.8) is 0 Å². The maximum absolute atomic E-state index is 12.5. The molecule has 2 fully saturated rings. The Hall–Kier alpha value is -2.09. The Labute approximate surface area is 212 Å². The molecule has 8 heteroatoms. The highest BCUT2D eigenvalue weighted by Gasteiger charge is 2.47. The molecule has 2 heterocycles. The fourth-order valence-corrected chi connectivity index (χ4v) is 7.53. The van der Waals surface area contributed by atoms with Crippen LogP contribution in [-0.2, 0) is 26.5 Å². The lowest BCUT2D eigenvalue weighted by Gasteiger charge is -2.50. The smallest absolute Gasteiger partial charge is 0.219 e. The van der Waals surface area contributed by atoms with E-state index in [1.165, 1.54) is 30.0 Å². The van der Waals surface area contributed by atoms with E-state index < -0.39 is 15.1 Å². The highest BCUT2D eigenvalue weighted by Crippen LogP contribution is 2.53. The van der Waals surface area contributed by atoms with Crippen molar-refractivity contribution < 1.29 is 17.9 Å². The Morgan fingerprint density at radius 3 is 2.57 bits per heavy atom. The van der Waals surface area contributed by atoms with Gasteiger partial charge in [0.15, 0.2) is 9.84 Å². The molecule has 1 aliphatic carbocycles. The predicted octanol–water partition coefficient (Wildman–Crippen LogP) is 4.06. The first-order chi connectivity index (χ1) is 16.8. The van der Waals surface area contributed by atoms with E-state index in [-0.39, 0.29) is 23.1 Å². The molecule has 1 saturated heterocycles. The van der Waals surface area contributed by atoms with E-state index in [2.05, 4.69) is 29.6 Å². The van der Waals surface area contributed by atoms with Crippen LogP contribution in [0.15, 0.2) is 42.5 Å². The summed E-state index contributed by atoms with van der Waals surface area (Å²) in [7, 11) is -3.21. The van der Waals surface area contributed by atoms with Crippen molar-refractivity contribution in [1.82, 2.24) is 10.2 Å². The summed E-state index contributed by atoms with van der Waals surface area (Å²) >= 11 is 6.16. The van der Waals surface area contributed by atoms with E-state index in [0.29, 0.717) is 26.1 Å². The van der Waals surface area contributed by atoms with Gasteiger partial charge in [0.05, 0.1) is 17.6 Å². The average Bonchev–Trinajstić information content (AvgIpc) is 2.76. The number of ether oxygens (including phenoxy) is 1. The molecule has 5 rings (SSSR count). The maximum Gasteiger partial charge on any atom is 0.219 e. The first-order valence-electron chi connectivity index (χ1n) is 12.5. The number of halogens is 1. The number of nitrogens with zero attached hydrogens (tertiary/aromatic N) is 1. The quantitative estimate of drug-likeness (QED) is 0.535. The van der Waals surface area contributed by atoms with Crippen LogP contribution in [0, 0.1) is 0 Å². The minimum absolute atomic E-state index is 0.0585. The molecule has 0 bridgehead atoms. The summed E-state index contributed by atoms with van der Waals surface area (Å²) in [6.07, 6.45) is 4.91. The molecule has 2 aromatic rings. The van der Waals surface area contributed by atoms with Crippen molar-refractivity contribution >= 4 is 27.3 Å². The predicted molar refractivity (Wildman–Crippen MR) is 138 cm³/mol. The van der Waals surface area contributed by atoms with Gasteiger partial charge in [-0.25, -0.2) is 8.42 Å². The lowest BCUT2D eigenvalue weighted by Crippen LogP contribution is -2.56. The lowest BCUT2D eigenvalue weighted by molar-refractivity contribution is -0.131. The van der Waals surface area contributed by atoms with E-state index >= 15 is 0 Å². The number of sulfone groups is 1. The molecule has 188 valence electrons. The van der Waals surface area contributed by atoms with Crippen molar-refractivity contribution in [2.45, 2.75) is 55.7 Å². The van der Waals surface area contributed by atoms with E-state index in [1.807, 2.05) is 18.2 Å². The van der Waals surface area contributed by atoms with Gasteiger partial charge in [0.2, 0.25) is 5.91 Å². The van der Waals surface area contributed by atoms with Gasteiger partial charge in [-0.2, -0.15) is 0 Å². The van der Waals surface area contributed by atoms with Crippen molar-refractivity contribution in [3.8, 4) is 5.75 Å². The topological polar surface area (TPSA) is 75.7 Å². The molecule has 1 N–H and O–H groups in total. The molecular weight excluding hydrogens is 484 g/mol. The van der Waals surface area contributed by atoms with Crippen molar-refractivity contribution in [1.29, 1.82) is 0 Å². The summed E-state index contributed by atoms with van der Waals surface area (Å²) in [6.45, 7) is 3.40. The summed E-state index contributed by atoms with van der Waals surface area (Å²) < 4.78 is 31.1. The first kappa shape index (κ1) is 24.6. The van der Waals surface area contributed by atoms with Crippen LogP contribution in [0.5, 0.6) is 5.75 Å². The molecule has 0 aromatic heterocycles. The lowest BCUT2D eigenvalue weighted by atomic mass is 9.58. The number of fused-ring (bicyclic) bond motifs is 1. The third-order valence-corrected chi connectivity index (χ3v) is 10.5. The largest absolute Gasteiger partial charge is 0.494 e. The molecule has 2 aliphatic heterocycles. The first-order valence-corrected chi connectivity index (χ1v) is 14.6. The van der Waals surface area contributed by atoms with Gasteiger partial charge in [-0.15, -0.1) is 0 Å². The van der Waals surface area contributed by atoms with E-state index in [0.717, 1.165) is 36.6 Å². The Balaban J connectivity index is 1.24. The molecule has 1 saturated carbocycles. The minimum atomic E-state index is -3.21. The van der Waals surface area contributed by atoms with Gasteiger partial charge in [0, 0.05) is 36.5 Å². The summed E-state index contributed by atoms with van der Waals surface area (Å²) in [6, 6.07) is 14.8. The third kappa shape index (κ3) is 4.83. The number of likely N-dealkylation sites (tertiary alicyclic amines) is 1. The molecule has 35 heavy (non-hydrogen) atoms. The summed E-state index contributed by atoms with van der Waals surface area (Å²) in [5, 5.41) is 4.11. The Bertz CT molecular complexity index is 1190. The number of amides is 1. The second-order valence-electron chi connectivity index (χ2n) is 10.1. The number of rotatable bonds is 8. The van der Waals surface area contributed by atoms with Crippen molar-refractivity contribution in [3.05, 3.63) is 64.2 Å². The number of carbonyl (C=O) groups is 1. The van der Waals surface area contributed by atoms with E-state index in [9.17, 15) is 13.2 Å². The van der Waals surface area contributed by atoms with Crippen LogP contribution >= 0.6 is 11.6 Å². The number of carbonyl (C=O) groups excluding carboxylic acids is 1. The summed E-state index contributed by atoms with van der Waals surface area (Å²) in [4.78, 5) is 12.9. The van der Waals surface area contributed by atoms with Gasteiger partial charge in [0.25, 0.3) is 0 Å². The zero-order valence-electron chi connectivity index (χ0n) is 20.1.